The summed E-state index contributed by atoms with van der Waals surface area (Å²) in [6, 6.07) is -0.236. The summed E-state index contributed by atoms with van der Waals surface area (Å²) in [6.45, 7) is 5.34. The molecule has 1 aromatic heterocycles. The van der Waals surface area contributed by atoms with Crippen LogP contribution in [0.15, 0.2) is 4.52 Å². The zero-order chi connectivity index (χ0) is 13.2. The maximum atomic E-state index is 6.00. The van der Waals surface area contributed by atoms with Gasteiger partial charge in [-0.3, -0.25) is 0 Å². The van der Waals surface area contributed by atoms with Gasteiger partial charge in [0.1, 0.15) is 5.60 Å². The van der Waals surface area contributed by atoms with Gasteiger partial charge in [0.2, 0.25) is 11.7 Å². The highest BCUT2D eigenvalue weighted by atomic mass is 16.5. The van der Waals surface area contributed by atoms with E-state index in [-0.39, 0.29) is 12.0 Å². The fraction of sp³-hybridized carbons (Fsp3) is 0.833. The summed E-state index contributed by atoms with van der Waals surface area (Å²) >= 11 is 0. The van der Waals surface area contributed by atoms with Gasteiger partial charge in [-0.1, -0.05) is 19.0 Å². The van der Waals surface area contributed by atoms with E-state index in [1.165, 1.54) is 0 Å². The number of nitrogens with two attached hydrogens (primary N) is 1. The molecule has 0 saturated carbocycles. The minimum Gasteiger partial charge on any atom is -0.381 e. The molecule has 0 unspecified atom stereocenters. The molecule has 1 aromatic rings. The molecule has 1 aliphatic rings. The summed E-state index contributed by atoms with van der Waals surface area (Å²) in [6.07, 6.45) is 1.47. The van der Waals surface area contributed by atoms with Crippen LogP contribution < -0.4 is 5.73 Å². The second-order valence-electron chi connectivity index (χ2n) is 5.04. The molecule has 0 spiro atoms. The summed E-state index contributed by atoms with van der Waals surface area (Å²) in [4.78, 5) is 4.41. The second kappa shape index (κ2) is 5.34. The van der Waals surface area contributed by atoms with E-state index in [0.29, 0.717) is 24.9 Å². The van der Waals surface area contributed by atoms with Gasteiger partial charge in [-0.2, -0.15) is 4.98 Å². The van der Waals surface area contributed by atoms with Crippen molar-refractivity contribution in [3.8, 4) is 0 Å². The minimum absolute atomic E-state index is 0.236. The Balaban J connectivity index is 2.22. The molecule has 2 heterocycles. The van der Waals surface area contributed by atoms with Crippen molar-refractivity contribution in [1.82, 2.24) is 10.1 Å². The molecule has 1 saturated heterocycles. The lowest BCUT2D eigenvalue weighted by atomic mass is 9.93. The Kier molecular flexibility index (Phi) is 3.99. The van der Waals surface area contributed by atoms with Crippen molar-refractivity contribution in [2.45, 2.75) is 38.3 Å². The highest BCUT2D eigenvalue weighted by molar-refractivity contribution is 5.04. The monoisotopic (exact) mass is 255 g/mol. The van der Waals surface area contributed by atoms with Gasteiger partial charge in [0, 0.05) is 33.2 Å². The summed E-state index contributed by atoms with van der Waals surface area (Å²) in [5.41, 5.74) is 5.51. The number of aromatic nitrogens is 2. The predicted octanol–water partition coefficient (Wildman–Crippen LogP) is 1.38. The topological polar surface area (TPSA) is 83.4 Å². The van der Waals surface area contributed by atoms with Crippen LogP contribution >= 0.6 is 0 Å². The molecule has 0 bridgehead atoms. The zero-order valence-corrected chi connectivity index (χ0v) is 11.2. The fourth-order valence-electron chi connectivity index (χ4n) is 2.06. The molecule has 18 heavy (non-hydrogen) atoms. The van der Waals surface area contributed by atoms with Crippen LogP contribution in [0.1, 0.15) is 44.4 Å². The number of hydrogen-bond donors (Lipinski definition) is 1. The smallest absolute Gasteiger partial charge is 0.243 e. The van der Waals surface area contributed by atoms with E-state index in [2.05, 4.69) is 10.1 Å². The molecular formula is C12H21N3O3. The lowest BCUT2D eigenvalue weighted by Crippen LogP contribution is -2.36. The van der Waals surface area contributed by atoms with Crippen molar-refractivity contribution in [2.24, 2.45) is 11.7 Å². The molecule has 1 fully saturated rings. The van der Waals surface area contributed by atoms with Crippen molar-refractivity contribution in [1.29, 1.82) is 0 Å². The van der Waals surface area contributed by atoms with Crippen molar-refractivity contribution in [3.05, 3.63) is 11.7 Å². The molecule has 102 valence electrons. The molecule has 2 rings (SSSR count). The van der Waals surface area contributed by atoms with E-state index in [1.807, 2.05) is 13.8 Å². The average molecular weight is 255 g/mol. The van der Waals surface area contributed by atoms with Crippen LogP contribution in [0.2, 0.25) is 0 Å². The summed E-state index contributed by atoms with van der Waals surface area (Å²) in [5, 5.41) is 4.04. The fourth-order valence-corrected chi connectivity index (χ4v) is 2.06. The normalized spacial score (nSPS) is 21.2. The Morgan fingerprint density at radius 3 is 2.56 bits per heavy atom. The Morgan fingerprint density at radius 1 is 1.33 bits per heavy atom. The van der Waals surface area contributed by atoms with Crippen LogP contribution in [0.3, 0.4) is 0 Å². The molecular weight excluding hydrogens is 234 g/mol. The van der Waals surface area contributed by atoms with Gasteiger partial charge in [0.15, 0.2) is 0 Å². The third-order valence-corrected chi connectivity index (χ3v) is 3.54. The lowest BCUT2D eigenvalue weighted by Gasteiger charge is -2.32. The Morgan fingerprint density at radius 2 is 2.00 bits per heavy atom. The lowest BCUT2D eigenvalue weighted by molar-refractivity contribution is -0.101. The van der Waals surface area contributed by atoms with E-state index in [4.69, 9.17) is 19.7 Å². The summed E-state index contributed by atoms with van der Waals surface area (Å²) in [7, 11) is 1.67. The number of rotatable bonds is 4. The summed E-state index contributed by atoms with van der Waals surface area (Å²) in [5.74, 6) is 1.31. The van der Waals surface area contributed by atoms with E-state index >= 15 is 0 Å². The molecule has 0 amide bonds. The van der Waals surface area contributed by atoms with Gasteiger partial charge >= 0.3 is 0 Å². The zero-order valence-electron chi connectivity index (χ0n) is 11.2. The number of ether oxygens (including phenoxy) is 2. The van der Waals surface area contributed by atoms with Gasteiger partial charge < -0.3 is 19.7 Å². The third-order valence-electron chi connectivity index (χ3n) is 3.54. The van der Waals surface area contributed by atoms with Crippen LogP contribution in [0.25, 0.3) is 0 Å². The van der Waals surface area contributed by atoms with E-state index in [9.17, 15) is 0 Å². The van der Waals surface area contributed by atoms with Gasteiger partial charge in [-0.05, 0) is 5.92 Å². The summed E-state index contributed by atoms with van der Waals surface area (Å²) < 4.78 is 16.2. The maximum Gasteiger partial charge on any atom is 0.243 e. The van der Waals surface area contributed by atoms with Gasteiger partial charge in [-0.15, -0.1) is 0 Å². The second-order valence-corrected chi connectivity index (χ2v) is 5.04. The SMILES string of the molecule is COC1(c2noc([C@@H](N)C(C)C)n2)CCOCC1. The molecule has 6 nitrogen and oxygen atoms in total. The first-order valence-electron chi connectivity index (χ1n) is 6.31. The molecule has 2 N–H and O–H groups in total. The number of hydrogen-bond acceptors (Lipinski definition) is 6. The van der Waals surface area contributed by atoms with Crippen LogP contribution in [0.4, 0.5) is 0 Å². The van der Waals surface area contributed by atoms with Crippen LogP contribution in [0, 0.1) is 5.92 Å². The van der Waals surface area contributed by atoms with E-state index in [1.54, 1.807) is 7.11 Å². The van der Waals surface area contributed by atoms with Crippen molar-refractivity contribution >= 4 is 0 Å². The van der Waals surface area contributed by atoms with Gasteiger partial charge in [0.25, 0.3) is 0 Å². The third kappa shape index (κ3) is 2.41. The van der Waals surface area contributed by atoms with Crippen molar-refractivity contribution in [3.63, 3.8) is 0 Å². The van der Waals surface area contributed by atoms with Crippen LogP contribution in [-0.2, 0) is 15.1 Å². The Hall–Kier alpha value is -0.980. The van der Waals surface area contributed by atoms with Gasteiger partial charge in [0.05, 0.1) is 6.04 Å². The van der Waals surface area contributed by atoms with E-state index in [0.717, 1.165) is 12.8 Å². The first-order chi connectivity index (χ1) is 8.59. The molecule has 1 atom stereocenters. The molecule has 0 radical (unpaired) electrons. The Bertz CT molecular complexity index is 386. The van der Waals surface area contributed by atoms with Crippen LogP contribution in [-0.4, -0.2) is 30.5 Å². The maximum absolute atomic E-state index is 6.00. The largest absolute Gasteiger partial charge is 0.381 e. The molecule has 0 aromatic carbocycles. The number of methoxy groups -OCH3 is 1. The minimum atomic E-state index is -0.489. The first kappa shape index (κ1) is 13.5. The van der Waals surface area contributed by atoms with Crippen molar-refractivity contribution < 1.29 is 14.0 Å². The highest BCUT2D eigenvalue weighted by Crippen LogP contribution is 2.34. The highest BCUT2D eigenvalue weighted by Gasteiger charge is 2.39. The van der Waals surface area contributed by atoms with E-state index < -0.39 is 5.60 Å². The molecule has 6 heteroatoms. The van der Waals surface area contributed by atoms with Crippen molar-refractivity contribution in [2.75, 3.05) is 20.3 Å². The van der Waals surface area contributed by atoms with Gasteiger partial charge in [-0.25, -0.2) is 0 Å². The first-order valence-corrected chi connectivity index (χ1v) is 6.31. The van der Waals surface area contributed by atoms with Crippen LogP contribution in [0.5, 0.6) is 0 Å². The number of nitrogens with zero attached hydrogens (tertiary/aromatic N) is 2. The molecule has 0 aliphatic carbocycles. The molecule has 1 aliphatic heterocycles. The Labute approximate surface area is 107 Å². The quantitative estimate of drug-likeness (QED) is 0.875. The standard InChI is InChI=1S/C12H21N3O3/c1-8(2)9(13)10-14-11(15-18-10)12(16-3)4-6-17-7-5-12/h8-9H,4-7,13H2,1-3H3/t9-/m0/s1. The average Bonchev–Trinajstić information content (AvgIpc) is 2.88. The predicted molar refractivity (Wildman–Crippen MR) is 64.8 cm³/mol.